The maximum absolute atomic E-state index is 12.6. The van der Waals surface area contributed by atoms with Gasteiger partial charge in [0.1, 0.15) is 36.3 Å². The van der Waals surface area contributed by atoms with Crippen molar-refractivity contribution in [2.24, 2.45) is 5.41 Å². The molecule has 2 amide bonds. The van der Waals surface area contributed by atoms with E-state index < -0.39 is 84.6 Å². The van der Waals surface area contributed by atoms with Gasteiger partial charge in [-0.25, -0.2) is 24.1 Å². The number of carbonyl (C=O) groups is 3. The smallest absolute Gasteiger partial charge is 0.481 e. The van der Waals surface area contributed by atoms with Crippen molar-refractivity contribution < 1.29 is 80.5 Å². The molecule has 8 atom stereocenters. The van der Waals surface area contributed by atoms with Crippen LogP contribution in [0.2, 0.25) is 0 Å². The van der Waals surface area contributed by atoms with Gasteiger partial charge in [-0.1, -0.05) is 25.6 Å². The normalized spacial score (nSPS) is 23.5. The van der Waals surface area contributed by atoms with Crippen molar-refractivity contribution in [2.75, 3.05) is 37.8 Å². The van der Waals surface area contributed by atoms with E-state index in [9.17, 15) is 57.9 Å². The Morgan fingerprint density at radius 3 is 2.43 bits per heavy atom. The molecule has 9 N–H and O–H groups in total. The molecule has 1 aliphatic rings. The number of nitrogen functional groups attached to an aromatic ring is 1. The number of aliphatic hydroxyl groups excluding tert-OH is 2. The summed E-state index contributed by atoms with van der Waals surface area (Å²) in [5.74, 6) is -1.10. The number of nitrogens with one attached hydrogen (secondary N) is 2. The highest BCUT2D eigenvalue weighted by Gasteiger charge is 2.49. The Balaban J connectivity index is 1.55. The summed E-state index contributed by atoms with van der Waals surface area (Å²) in [5, 5.41) is 26.0. The minimum atomic E-state index is -5.57. The lowest BCUT2D eigenvalue weighted by Gasteiger charge is -2.30. The Labute approximate surface area is 293 Å². The zero-order valence-corrected chi connectivity index (χ0v) is 30.5. The van der Waals surface area contributed by atoms with Crippen molar-refractivity contribution in [1.82, 2.24) is 30.2 Å². The molecule has 0 spiro atoms. The number of ether oxygens (including phenoxy) is 1. The van der Waals surface area contributed by atoms with Crippen LogP contribution < -0.4 is 21.3 Å². The number of amides is 2. The van der Waals surface area contributed by atoms with Gasteiger partial charge in [0.05, 0.1) is 19.5 Å². The maximum Gasteiger partial charge on any atom is 0.481 e. The number of aliphatic hydroxyl groups is 2. The first-order valence-electron chi connectivity index (χ1n) is 14.5. The van der Waals surface area contributed by atoms with Crippen molar-refractivity contribution in [3.05, 3.63) is 12.7 Å². The first-order chi connectivity index (χ1) is 23.5. The van der Waals surface area contributed by atoms with Gasteiger partial charge in [-0.2, -0.15) is 4.31 Å². The number of nitrogens with two attached hydrogens (primary N) is 1. The fraction of sp³-hybridized carbons (Fsp3) is 0.652. The molecule has 1 aliphatic heterocycles. The zero-order valence-electron chi connectivity index (χ0n) is 27.0. The molecule has 0 aromatic carbocycles. The fourth-order valence-corrected chi connectivity index (χ4v) is 7.63. The number of nitrogens with zero attached hydrogens (tertiary/aromatic N) is 4. The lowest BCUT2D eigenvalue weighted by Crippen LogP contribution is -2.46. The van der Waals surface area contributed by atoms with Crippen LogP contribution in [0.5, 0.6) is 0 Å². The SMILES string of the molecule is CC(=O)SCCNC(=O)CCNC(=O)C(O)C(C)(C)COP(=O)(O)OP(=O)(O)OCC1OC(n2cnc3c(N)ncnc32)C(O)C1OP(=O)([O-])O. The van der Waals surface area contributed by atoms with E-state index in [2.05, 4.69) is 34.4 Å². The molecule has 0 aliphatic carbocycles. The molecule has 0 bridgehead atoms. The van der Waals surface area contributed by atoms with Gasteiger partial charge in [-0.3, -0.25) is 32.6 Å². The third kappa shape index (κ3) is 12.9. The molecule has 1 fully saturated rings. The minimum Gasteiger partial charge on any atom is -0.756 e. The first-order valence-corrected chi connectivity index (χ1v) is 20.0. The summed E-state index contributed by atoms with van der Waals surface area (Å²) in [6.07, 6.45) is -7.08. The van der Waals surface area contributed by atoms with Crippen LogP contribution in [0.3, 0.4) is 0 Å². The monoisotopic (exact) mass is 808 g/mol. The van der Waals surface area contributed by atoms with Crippen LogP contribution in [0, 0.1) is 5.41 Å². The van der Waals surface area contributed by atoms with Gasteiger partial charge >= 0.3 is 15.6 Å². The molecule has 0 saturated carbocycles. The van der Waals surface area contributed by atoms with Crippen LogP contribution in [0.4, 0.5) is 5.82 Å². The Bertz CT molecular complexity index is 1710. The van der Waals surface area contributed by atoms with Crippen LogP contribution in [-0.4, -0.2) is 118 Å². The van der Waals surface area contributed by atoms with Gasteiger partial charge in [0, 0.05) is 37.6 Å². The maximum atomic E-state index is 12.6. The molecule has 8 unspecified atom stereocenters. The number of thioether (sulfide) groups is 1. The van der Waals surface area contributed by atoms with Crippen molar-refractivity contribution in [2.45, 2.75) is 57.8 Å². The van der Waals surface area contributed by atoms with Gasteiger partial charge in [0.25, 0.3) is 7.82 Å². The van der Waals surface area contributed by atoms with Crippen LogP contribution in [-0.2, 0) is 50.7 Å². The molecule has 288 valence electrons. The standard InChI is InChI=1S/C23H38N7O17P3S/c1-12(31)51-7-6-25-14(32)4-5-26-21(35)18(34)23(2,3)9-44-50(41,42)47-49(39,40)43-8-13-17(46-48(36,37)38)16(33)22(45-13)30-11-29-15-19(24)27-10-28-20(15)30/h10-11,13,16-18,22,33-34H,4-9H2,1-3H3,(H,25,32)(H,26,35)(H,39,40)(H,41,42)(H2,24,27,28)(H2,36,37,38)/p-1. The molecule has 51 heavy (non-hydrogen) atoms. The van der Waals surface area contributed by atoms with E-state index in [4.69, 9.17) is 19.5 Å². The van der Waals surface area contributed by atoms with E-state index in [0.717, 1.165) is 29.0 Å². The van der Waals surface area contributed by atoms with Crippen molar-refractivity contribution in [3.8, 4) is 0 Å². The average Bonchev–Trinajstić information content (AvgIpc) is 3.57. The van der Waals surface area contributed by atoms with E-state index in [1.54, 1.807) is 0 Å². The highest BCUT2D eigenvalue weighted by Crippen LogP contribution is 2.61. The molecular formula is C23H37N7O17P3S-. The summed E-state index contributed by atoms with van der Waals surface area (Å²) in [7, 11) is -16.6. The second-order valence-electron chi connectivity index (χ2n) is 11.4. The van der Waals surface area contributed by atoms with Gasteiger partial charge in [-0.05, 0) is 0 Å². The molecule has 0 radical (unpaired) electrons. The van der Waals surface area contributed by atoms with Crippen LogP contribution in [0.15, 0.2) is 12.7 Å². The van der Waals surface area contributed by atoms with E-state index >= 15 is 0 Å². The topological polar surface area (TPSA) is 366 Å². The van der Waals surface area contributed by atoms with E-state index in [0.29, 0.717) is 5.75 Å². The second-order valence-corrected chi connectivity index (χ2v) is 16.9. The van der Waals surface area contributed by atoms with E-state index in [1.165, 1.54) is 20.8 Å². The summed E-state index contributed by atoms with van der Waals surface area (Å²) in [6.45, 7) is 1.85. The molecule has 28 heteroatoms. The number of phosphoric acid groups is 3. The highest BCUT2D eigenvalue weighted by molar-refractivity contribution is 8.13. The Morgan fingerprint density at radius 1 is 1.12 bits per heavy atom. The number of imidazole rings is 1. The van der Waals surface area contributed by atoms with E-state index in [-0.39, 0.29) is 41.6 Å². The number of anilines is 1. The van der Waals surface area contributed by atoms with Crippen molar-refractivity contribution in [1.29, 1.82) is 0 Å². The summed E-state index contributed by atoms with van der Waals surface area (Å²) >= 11 is 1.02. The number of aromatic nitrogens is 4. The van der Waals surface area contributed by atoms with Crippen LogP contribution in [0.1, 0.15) is 33.4 Å². The molecule has 2 aromatic heterocycles. The zero-order chi connectivity index (χ0) is 38.4. The number of phosphoric ester groups is 3. The van der Waals surface area contributed by atoms with Gasteiger partial charge < -0.3 is 55.4 Å². The number of hydrogen-bond acceptors (Lipinski definition) is 19. The molecule has 3 rings (SSSR count). The minimum absolute atomic E-state index is 0.0154. The lowest BCUT2D eigenvalue weighted by molar-refractivity contribution is -0.228. The van der Waals surface area contributed by atoms with E-state index in [1.807, 2.05) is 0 Å². The second kappa shape index (κ2) is 17.6. The Morgan fingerprint density at radius 2 is 1.78 bits per heavy atom. The average molecular weight is 809 g/mol. The first kappa shape index (κ1) is 43.0. The van der Waals surface area contributed by atoms with Gasteiger partial charge in [0.15, 0.2) is 22.8 Å². The highest BCUT2D eigenvalue weighted by atomic mass is 32.2. The van der Waals surface area contributed by atoms with Gasteiger partial charge in [-0.15, -0.1) is 0 Å². The summed E-state index contributed by atoms with van der Waals surface area (Å²) < 4.78 is 61.5. The lowest BCUT2D eigenvalue weighted by atomic mass is 9.87. The largest absolute Gasteiger partial charge is 0.756 e. The fourth-order valence-electron chi connectivity index (χ4n) is 4.32. The number of hydrogen-bond donors (Lipinski definition) is 8. The number of rotatable bonds is 19. The molecule has 3 heterocycles. The van der Waals surface area contributed by atoms with Crippen LogP contribution >= 0.6 is 35.2 Å². The number of carbonyl (C=O) groups excluding carboxylic acids is 3. The summed E-state index contributed by atoms with van der Waals surface area (Å²) in [6, 6.07) is 0. The Kier molecular flexibility index (Phi) is 14.8. The van der Waals surface area contributed by atoms with Crippen molar-refractivity contribution in [3.63, 3.8) is 0 Å². The third-order valence-electron chi connectivity index (χ3n) is 6.80. The summed E-state index contributed by atoms with van der Waals surface area (Å²) in [5.41, 5.74) is 4.22. The Hall–Kier alpha value is -2.44. The predicted octanol–water partition coefficient (Wildman–Crippen LogP) is -1.95. The molecule has 2 aromatic rings. The predicted molar refractivity (Wildman–Crippen MR) is 171 cm³/mol. The number of fused-ring (bicyclic) bond motifs is 1. The molecule has 24 nitrogen and oxygen atoms in total. The molecular weight excluding hydrogens is 771 g/mol. The third-order valence-corrected chi connectivity index (χ3v) is 10.7. The summed E-state index contributed by atoms with van der Waals surface area (Å²) in [4.78, 5) is 87.9. The molecule has 1 saturated heterocycles. The van der Waals surface area contributed by atoms with Crippen LogP contribution in [0.25, 0.3) is 11.2 Å². The quantitative estimate of drug-likeness (QED) is 0.0565. The van der Waals surface area contributed by atoms with Crippen molar-refractivity contribution >= 4 is 69.1 Å². The van der Waals surface area contributed by atoms with Gasteiger partial charge in [0.2, 0.25) is 11.8 Å².